The fourth-order valence-electron chi connectivity index (χ4n) is 2.11. The third kappa shape index (κ3) is 5.95. The van der Waals surface area contributed by atoms with Crippen molar-refractivity contribution in [3.63, 3.8) is 0 Å². The molecule has 0 fully saturated rings. The van der Waals surface area contributed by atoms with Crippen LogP contribution < -0.4 is 5.32 Å². The fourth-order valence-corrected chi connectivity index (χ4v) is 2.11. The van der Waals surface area contributed by atoms with Gasteiger partial charge in [0.2, 0.25) is 5.91 Å². The number of carbonyl (C=O) groups excluding carboxylic acids is 2. The molecule has 0 radical (unpaired) electrons. The number of amides is 2. The van der Waals surface area contributed by atoms with E-state index in [1.54, 1.807) is 31.3 Å². The van der Waals surface area contributed by atoms with Crippen LogP contribution in [0, 0.1) is 5.92 Å². The number of aliphatic hydroxyl groups is 1. The fraction of sp³-hybridized carbons (Fsp3) is 0.500. The summed E-state index contributed by atoms with van der Waals surface area (Å²) in [5.41, 5.74) is 0.550. The topological polar surface area (TPSA) is 69.6 Å². The van der Waals surface area contributed by atoms with Gasteiger partial charge in [0.05, 0.1) is 19.2 Å². The summed E-state index contributed by atoms with van der Waals surface area (Å²) in [6.07, 6.45) is 0.707. The molecule has 1 aromatic rings. The van der Waals surface area contributed by atoms with Gasteiger partial charge in [-0.05, 0) is 24.5 Å². The minimum atomic E-state index is -0.266. The Morgan fingerprint density at radius 3 is 2.38 bits per heavy atom. The molecule has 0 aliphatic heterocycles. The van der Waals surface area contributed by atoms with Gasteiger partial charge in [0, 0.05) is 12.6 Å². The Kier molecular flexibility index (Phi) is 6.88. The Morgan fingerprint density at radius 1 is 1.24 bits per heavy atom. The molecule has 0 heterocycles. The van der Waals surface area contributed by atoms with E-state index in [4.69, 9.17) is 0 Å². The van der Waals surface area contributed by atoms with Gasteiger partial charge in [0.1, 0.15) is 0 Å². The summed E-state index contributed by atoms with van der Waals surface area (Å²) in [6, 6.07) is 8.56. The van der Waals surface area contributed by atoms with Crippen LogP contribution in [0.3, 0.4) is 0 Å². The normalized spacial score (nSPS) is 12.0. The van der Waals surface area contributed by atoms with Crippen molar-refractivity contribution < 1.29 is 14.7 Å². The van der Waals surface area contributed by atoms with Crippen LogP contribution in [0.2, 0.25) is 0 Å². The van der Waals surface area contributed by atoms with Gasteiger partial charge in [-0.2, -0.15) is 0 Å². The number of carbonyl (C=O) groups is 2. The summed E-state index contributed by atoms with van der Waals surface area (Å²) < 4.78 is 0. The predicted molar refractivity (Wildman–Crippen MR) is 81.9 cm³/mol. The SMILES string of the molecule is CC(C)CC(CO)NC(=O)CN(C)C(=O)c1ccccc1. The molecule has 2 amide bonds. The number of rotatable bonds is 7. The molecule has 0 aliphatic rings. The van der Waals surface area contributed by atoms with Crippen LogP contribution >= 0.6 is 0 Å². The molecular weight excluding hydrogens is 268 g/mol. The van der Waals surface area contributed by atoms with Crippen LogP contribution in [-0.4, -0.2) is 48.1 Å². The zero-order valence-electron chi connectivity index (χ0n) is 12.9. The van der Waals surface area contributed by atoms with E-state index in [0.717, 1.165) is 0 Å². The first-order valence-electron chi connectivity index (χ1n) is 7.14. The Morgan fingerprint density at radius 2 is 1.86 bits per heavy atom. The zero-order valence-corrected chi connectivity index (χ0v) is 12.9. The van der Waals surface area contributed by atoms with E-state index in [2.05, 4.69) is 5.32 Å². The molecule has 0 saturated heterocycles. The quantitative estimate of drug-likeness (QED) is 0.795. The average molecular weight is 292 g/mol. The second-order valence-corrected chi connectivity index (χ2v) is 5.60. The smallest absolute Gasteiger partial charge is 0.254 e. The van der Waals surface area contributed by atoms with E-state index in [1.165, 1.54) is 4.90 Å². The van der Waals surface area contributed by atoms with E-state index in [-0.39, 0.29) is 31.0 Å². The molecule has 1 rings (SSSR count). The van der Waals surface area contributed by atoms with Crippen LogP contribution in [0.25, 0.3) is 0 Å². The maximum absolute atomic E-state index is 12.1. The largest absolute Gasteiger partial charge is 0.394 e. The lowest BCUT2D eigenvalue weighted by molar-refractivity contribution is -0.122. The number of benzene rings is 1. The highest BCUT2D eigenvalue weighted by atomic mass is 16.3. The van der Waals surface area contributed by atoms with E-state index < -0.39 is 0 Å². The zero-order chi connectivity index (χ0) is 15.8. The molecule has 116 valence electrons. The molecule has 2 N–H and O–H groups in total. The molecule has 5 heteroatoms. The molecule has 1 aromatic carbocycles. The summed E-state index contributed by atoms with van der Waals surface area (Å²) >= 11 is 0. The Hall–Kier alpha value is -1.88. The van der Waals surface area contributed by atoms with Gasteiger partial charge in [0.15, 0.2) is 0 Å². The molecule has 0 aromatic heterocycles. The molecular formula is C16H24N2O3. The predicted octanol–water partition coefficient (Wildman–Crippen LogP) is 1.28. The maximum atomic E-state index is 12.1. The molecule has 21 heavy (non-hydrogen) atoms. The van der Waals surface area contributed by atoms with Crippen molar-refractivity contribution in [1.29, 1.82) is 0 Å². The van der Waals surface area contributed by atoms with E-state index in [0.29, 0.717) is 17.9 Å². The number of aliphatic hydroxyl groups excluding tert-OH is 1. The number of nitrogens with one attached hydrogen (secondary N) is 1. The van der Waals surface area contributed by atoms with Gasteiger partial charge in [-0.25, -0.2) is 0 Å². The maximum Gasteiger partial charge on any atom is 0.254 e. The summed E-state index contributed by atoms with van der Waals surface area (Å²) in [6.45, 7) is 3.93. The summed E-state index contributed by atoms with van der Waals surface area (Å²) in [7, 11) is 1.59. The molecule has 1 atom stereocenters. The van der Waals surface area contributed by atoms with Gasteiger partial charge in [-0.1, -0.05) is 32.0 Å². The van der Waals surface area contributed by atoms with Crippen LogP contribution in [0.5, 0.6) is 0 Å². The molecule has 0 spiro atoms. The second kappa shape index (κ2) is 8.42. The Balaban J connectivity index is 2.52. The van der Waals surface area contributed by atoms with Gasteiger partial charge in [-0.3, -0.25) is 9.59 Å². The first-order chi connectivity index (χ1) is 9.93. The highest BCUT2D eigenvalue weighted by Crippen LogP contribution is 2.05. The molecule has 5 nitrogen and oxygen atoms in total. The Bertz CT molecular complexity index is 460. The third-order valence-electron chi connectivity index (χ3n) is 3.09. The van der Waals surface area contributed by atoms with Crippen molar-refractivity contribution in [2.24, 2.45) is 5.92 Å². The lowest BCUT2D eigenvalue weighted by Crippen LogP contribution is -2.44. The minimum absolute atomic E-state index is 0.0255. The molecule has 0 bridgehead atoms. The van der Waals surface area contributed by atoms with Crippen molar-refractivity contribution in [3.05, 3.63) is 35.9 Å². The van der Waals surface area contributed by atoms with Crippen molar-refractivity contribution >= 4 is 11.8 Å². The molecule has 0 saturated carbocycles. The van der Waals surface area contributed by atoms with Gasteiger partial charge >= 0.3 is 0 Å². The number of hydrogen-bond acceptors (Lipinski definition) is 3. The van der Waals surface area contributed by atoms with E-state index in [1.807, 2.05) is 19.9 Å². The van der Waals surface area contributed by atoms with Gasteiger partial charge < -0.3 is 15.3 Å². The van der Waals surface area contributed by atoms with Crippen molar-refractivity contribution in [2.75, 3.05) is 20.2 Å². The second-order valence-electron chi connectivity index (χ2n) is 5.60. The lowest BCUT2D eigenvalue weighted by atomic mass is 10.0. The third-order valence-corrected chi connectivity index (χ3v) is 3.09. The van der Waals surface area contributed by atoms with E-state index in [9.17, 15) is 14.7 Å². The van der Waals surface area contributed by atoms with Crippen molar-refractivity contribution in [3.8, 4) is 0 Å². The number of likely N-dealkylation sites (N-methyl/N-ethyl adjacent to an activating group) is 1. The van der Waals surface area contributed by atoms with Crippen molar-refractivity contribution in [2.45, 2.75) is 26.3 Å². The van der Waals surface area contributed by atoms with Crippen LogP contribution in [0.4, 0.5) is 0 Å². The first-order valence-corrected chi connectivity index (χ1v) is 7.14. The summed E-state index contributed by atoms with van der Waals surface area (Å²) in [5, 5.41) is 12.0. The monoisotopic (exact) mass is 292 g/mol. The highest BCUT2D eigenvalue weighted by molar-refractivity contribution is 5.96. The van der Waals surface area contributed by atoms with Crippen LogP contribution in [0.15, 0.2) is 30.3 Å². The van der Waals surface area contributed by atoms with E-state index >= 15 is 0 Å². The van der Waals surface area contributed by atoms with Crippen molar-refractivity contribution in [1.82, 2.24) is 10.2 Å². The summed E-state index contributed by atoms with van der Waals surface area (Å²) in [5.74, 6) is -0.0808. The lowest BCUT2D eigenvalue weighted by Gasteiger charge is -2.21. The molecule has 1 unspecified atom stereocenters. The standard InChI is InChI=1S/C16H24N2O3/c1-12(2)9-14(11-19)17-15(20)10-18(3)16(21)13-7-5-4-6-8-13/h4-8,12,14,19H,9-11H2,1-3H3,(H,17,20). The summed E-state index contributed by atoms with van der Waals surface area (Å²) in [4.78, 5) is 25.4. The molecule has 0 aliphatic carbocycles. The van der Waals surface area contributed by atoms with Gasteiger partial charge in [-0.15, -0.1) is 0 Å². The highest BCUT2D eigenvalue weighted by Gasteiger charge is 2.17. The number of nitrogens with zero attached hydrogens (tertiary/aromatic N) is 1. The average Bonchev–Trinajstić information content (AvgIpc) is 2.45. The minimum Gasteiger partial charge on any atom is -0.394 e. The van der Waals surface area contributed by atoms with Gasteiger partial charge in [0.25, 0.3) is 5.91 Å². The first kappa shape index (κ1) is 17.2. The van der Waals surface area contributed by atoms with Crippen LogP contribution in [-0.2, 0) is 4.79 Å². The van der Waals surface area contributed by atoms with Crippen LogP contribution in [0.1, 0.15) is 30.6 Å². The Labute approximate surface area is 126 Å². The number of hydrogen-bond donors (Lipinski definition) is 2.